The summed E-state index contributed by atoms with van der Waals surface area (Å²) in [4.78, 5) is 11.7. The first-order valence-corrected chi connectivity index (χ1v) is 9.90. The number of rotatable bonds is 4. The Labute approximate surface area is 140 Å². The highest BCUT2D eigenvalue weighted by Crippen LogP contribution is 2.24. The molecule has 1 N–H and O–H groups in total. The van der Waals surface area contributed by atoms with Crippen molar-refractivity contribution >= 4 is 33.0 Å². The van der Waals surface area contributed by atoms with E-state index in [0.717, 1.165) is 36.7 Å². The van der Waals surface area contributed by atoms with Gasteiger partial charge in [0.15, 0.2) is 0 Å². The van der Waals surface area contributed by atoms with Gasteiger partial charge in [-0.3, -0.25) is 4.72 Å². The molecule has 2 aromatic rings. The maximum absolute atomic E-state index is 12.3. The van der Waals surface area contributed by atoms with Crippen molar-refractivity contribution < 1.29 is 8.42 Å². The van der Waals surface area contributed by atoms with Crippen LogP contribution in [0.4, 0.5) is 11.6 Å². The van der Waals surface area contributed by atoms with Crippen molar-refractivity contribution in [3.8, 4) is 0 Å². The standard InChI is InChI=1S/C15H20N4O2S2/c1-11-5-7-19(8-6-11)15-16-9-13(10-17-15)18-23(20,21)14-4-3-12(2)22-14/h3-4,9-11,18H,5-8H2,1-2H3. The minimum atomic E-state index is -3.56. The van der Waals surface area contributed by atoms with Gasteiger partial charge in [0, 0.05) is 18.0 Å². The molecule has 1 saturated heterocycles. The van der Waals surface area contributed by atoms with E-state index in [0.29, 0.717) is 15.8 Å². The van der Waals surface area contributed by atoms with E-state index in [1.165, 1.54) is 23.7 Å². The molecule has 0 radical (unpaired) electrons. The van der Waals surface area contributed by atoms with E-state index in [-0.39, 0.29) is 0 Å². The van der Waals surface area contributed by atoms with E-state index in [1.807, 2.05) is 6.92 Å². The van der Waals surface area contributed by atoms with Gasteiger partial charge in [-0.15, -0.1) is 11.3 Å². The molecule has 0 aliphatic carbocycles. The summed E-state index contributed by atoms with van der Waals surface area (Å²) in [6.07, 6.45) is 5.32. The molecule has 0 saturated carbocycles. The van der Waals surface area contributed by atoms with Crippen LogP contribution in [0.3, 0.4) is 0 Å². The fourth-order valence-corrected chi connectivity index (χ4v) is 4.82. The molecule has 0 unspecified atom stereocenters. The van der Waals surface area contributed by atoms with E-state index in [1.54, 1.807) is 12.1 Å². The number of sulfonamides is 1. The van der Waals surface area contributed by atoms with Gasteiger partial charge in [-0.05, 0) is 37.8 Å². The van der Waals surface area contributed by atoms with Gasteiger partial charge in [-0.1, -0.05) is 6.92 Å². The van der Waals surface area contributed by atoms with Gasteiger partial charge in [-0.25, -0.2) is 18.4 Å². The third-order valence-electron chi connectivity index (χ3n) is 3.94. The summed E-state index contributed by atoms with van der Waals surface area (Å²) in [7, 11) is -3.56. The van der Waals surface area contributed by atoms with Gasteiger partial charge in [-0.2, -0.15) is 0 Å². The van der Waals surface area contributed by atoms with Crippen LogP contribution in [0, 0.1) is 12.8 Å². The Hall–Kier alpha value is -1.67. The zero-order valence-corrected chi connectivity index (χ0v) is 14.8. The van der Waals surface area contributed by atoms with E-state index in [9.17, 15) is 8.42 Å². The molecule has 0 amide bonds. The first-order chi connectivity index (χ1) is 10.9. The average Bonchev–Trinajstić information content (AvgIpc) is 2.96. The molecule has 124 valence electrons. The molecule has 1 aliphatic heterocycles. The maximum atomic E-state index is 12.3. The molecule has 0 aromatic carbocycles. The van der Waals surface area contributed by atoms with Gasteiger partial charge in [0.1, 0.15) is 4.21 Å². The largest absolute Gasteiger partial charge is 0.341 e. The fraction of sp³-hybridized carbons (Fsp3) is 0.467. The molecule has 1 fully saturated rings. The number of hydrogen-bond acceptors (Lipinski definition) is 6. The van der Waals surface area contributed by atoms with Gasteiger partial charge < -0.3 is 4.90 Å². The van der Waals surface area contributed by atoms with Gasteiger partial charge in [0.05, 0.1) is 18.1 Å². The third-order valence-corrected chi connectivity index (χ3v) is 6.81. The zero-order chi connectivity index (χ0) is 16.4. The molecule has 6 nitrogen and oxygen atoms in total. The monoisotopic (exact) mass is 352 g/mol. The van der Waals surface area contributed by atoms with Crippen LogP contribution in [0.1, 0.15) is 24.6 Å². The molecule has 3 heterocycles. The Morgan fingerprint density at radius 1 is 1.22 bits per heavy atom. The first kappa shape index (κ1) is 16.2. The average molecular weight is 352 g/mol. The minimum Gasteiger partial charge on any atom is -0.341 e. The Bertz CT molecular complexity index is 763. The number of piperidine rings is 1. The normalized spacial score (nSPS) is 16.5. The summed E-state index contributed by atoms with van der Waals surface area (Å²) in [5.74, 6) is 1.40. The number of nitrogens with zero attached hydrogens (tertiary/aromatic N) is 3. The summed E-state index contributed by atoms with van der Waals surface area (Å²) < 4.78 is 27.4. The summed E-state index contributed by atoms with van der Waals surface area (Å²) in [5.41, 5.74) is 0.380. The lowest BCUT2D eigenvalue weighted by Crippen LogP contribution is -2.34. The lowest BCUT2D eigenvalue weighted by Gasteiger charge is -2.30. The van der Waals surface area contributed by atoms with Gasteiger partial charge in [0.2, 0.25) is 5.95 Å². The first-order valence-electron chi connectivity index (χ1n) is 7.60. The van der Waals surface area contributed by atoms with E-state index in [4.69, 9.17) is 0 Å². The van der Waals surface area contributed by atoms with Crippen molar-refractivity contribution in [2.24, 2.45) is 5.92 Å². The maximum Gasteiger partial charge on any atom is 0.271 e. The van der Waals surface area contributed by atoms with E-state index in [2.05, 4.69) is 26.5 Å². The third kappa shape index (κ3) is 3.81. The molecular weight excluding hydrogens is 332 g/mol. The quantitative estimate of drug-likeness (QED) is 0.916. The number of aromatic nitrogens is 2. The number of thiophene rings is 1. The summed E-state index contributed by atoms with van der Waals surface area (Å²) in [6.45, 7) is 6.02. The molecule has 2 aromatic heterocycles. The van der Waals surface area contributed by atoms with Crippen molar-refractivity contribution in [2.45, 2.75) is 30.9 Å². The van der Waals surface area contributed by atoms with Gasteiger partial charge >= 0.3 is 0 Å². The summed E-state index contributed by atoms with van der Waals surface area (Å²) >= 11 is 1.24. The SMILES string of the molecule is Cc1ccc(S(=O)(=O)Nc2cnc(N3CCC(C)CC3)nc2)s1. The van der Waals surface area contributed by atoms with Crippen LogP contribution in [0.15, 0.2) is 28.7 Å². The Morgan fingerprint density at radius 3 is 2.43 bits per heavy atom. The molecule has 8 heteroatoms. The summed E-state index contributed by atoms with van der Waals surface area (Å²) in [5, 5.41) is 0. The van der Waals surface area contributed by atoms with Crippen LogP contribution in [0.25, 0.3) is 0 Å². The van der Waals surface area contributed by atoms with Crippen molar-refractivity contribution in [1.29, 1.82) is 0 Å². The summed E-state index contributed by atoms with van der Waals surface area (Å²) in [6, 6.07) is 3.39. The second kappa shape index (κ2) is 6.45. The van der Waals surface area contributed by atoms with Crippen LogP contribution < -0.4 is 9.62 Å². The molecule has 3 rings (SSSR count). The van der Waals surface area contributed by atoms with Crippen LogP contribution in [0.5, 0.6) is 0 Å². The number of nitrogens with one attached hydrogen (secondary N) is 1. The highest BCUT2D eigenvalue weighted by atomic mass is 32.2. The minimum absolute atomic E-state index is 0.295. The fourth-order valence-electron chi connectivity index (χ4n) is 2.51. The zero-order valence-electron chi connectivity index (χ0n) is 13.2. The second-order valence-electron chi connectivity index (χ2n) is 5.91. The van der Waals surface area contributed by atoms with Crippen LogP contribution in [-0.2, 0) is 10.0 Å². The van der Waals surface area contributed by atoms with Crippen molar-refractivity contribution in [1.82, 2.24) is 9.97 Å². The smallest absolute Gasteiger partial charge is 0.271 e. The second-order valence-corrected chi connectivity index (χ2v) is 9.11. The number of hydrogen-bond donors (Lipinski definition) is 1. The molecule has 0 spiro atoms. The Morgan fingerprint density at radius 2 is 1.87 bits per heavy atom. The van der Waals surface area contributed by atoms with Crippen molar-refractivity contribution in [3.63, 3.8) is 0 Å². The Kier molecular flexibility index (Phi) is 4.54. The molecular formula is C15H20N4O2S2. The van der Waals surface area contributed by atoms with E-state index >= 15 is 0 Å². The number of anilines is 2. The topological polar surface area (TPSA) is 75.2 Å². The van der Waals surface area contributed by atoms with Crippen molar-refractivity contribution in [3.05, 3.63) is 29.4 Å². The van der Waals surface area contributed by atoms with Crippen LogP contribution in [-0.4, -0.2) is 31.5 Å². The predicted octanol–water partition coefficient (Wildman–Crippen LogP) is 2.88. The number of aryl methyl sites for hydroxylation is 1. The highest BCUT2D eigenvalue weighted by Gasteiger charge is 2.19. The predicted molar refractivity (Wildman–Crippen MR) is 92.5 cm³/mol. The Balaban J connectivity index is 1.70. The lowest BCUT2D eigenvalue weighted by atomic mass is 10.00. The highest BCUT2D eigenvalue weighted by molar-refractivity contribution is 7.94. The van der Waals surface area contributed by atoms with Crippen LogP contribution >= 0.6 is 11.3 Å². The molecule has 0 atom stereocenters. The molecule has 1 aliphatic rings. The lowest BCUT2D eigenvalue weighted by molar-refractivity contribution is 0.434. The van der Waals surface area contributed by atoms with Gasteiger partial charge in [0.25, 0.3) is 10.0 Å². The molecule has 0 bridgehead atoms. The van der Waals surface area contributed by atoms with Crippen molar-refractivity contribution in [2.75, 3.05) is 22.7 Å². The van der Waals surface area contributed by atoms with Crippen LogP contribution in [0.2, 0.25) is 0 Å². The van der Waals surface area contributed by atoms with E-state index < -0.39 is 10.0 Å². The molecule has 23 heavy (non-hydrogen) atoms.